The lowest BCUT2D eigenvalue weighted by molar-refractivity contribution is 0.200. The highest BCUT2D eigenvalue weighted by molar-refractivity contribution is 5.37. The summed E-state index contributed by atoms with van der Waals surface area (Å²) in [4.78, 5) is 0. The SMILES string of the molecule is CCCCCc1cc(CCC)ccc1OCCO. The lowest BCUT2D eigenvalue weighted by Gasteiger charge is -2.12. The predicted molar refractivity (Wildman–Crippen MR) is 76.2 cm³/mol. The Labute approximate surface area is 111 Å². The molecule has 0 saturated carbocycles. The van der Waals surface area contributed by atoms with E-state index in [1.807, 2.05) is 0 Å². The van der Waals surface area contributed by atoms with Crippen LogP contribution in [0.25, 0.3) is 0 Å². The Hall–Kier alpha value is -1.02. The number of rotatable bonds is 9. The number of aliphatic hydroxyl groups excluding tert-OH is 1. The molecule has 0 bridgehead atoms. The molecule has 0 aliphatic heterocycles. The van der Waals surface area contributed by atoms with Crippen molar-refractivity contribution in [3.05, 3.63) is 29.3 Å². The van der Waals surface area contributed by atoms with Crippen LogP contribution in [0.1, 0.15) is 50.7 Å². The maximum atomic E-state index is 8.85. The first-order chi connectivity index (χ1) is 8.81. The zero-order valence-corrected chi connectivity index (χ0v) is 11.7. The number of aryl methyl sites for hydroxylation is 2. The summed E-state index contributed by atoms with van der Waals surface area (Å²) >= 11 is 0. The lowest BCUT2D eigenvalue weighted by atomic mass is 10.0. The van der Waals surface area contributed by atoms with Gasteiger partial charge in [0.05, 0.1) is 6.61 Å². The van der Waals surface area contributed by atoms with Gasteiger partial charge in [-0.1, -0.05) is 45.2 Å². The van der Waals surface area contributed by atoms with E-state index in [2.05, 4.69) is 32.0 Å². The minimum absolute atomic E-state index is 0.0745. The molecule has 0 aromatic heterocycles. The van der Waals surface area contributed by atoms with Crippen molar-refractivity contribution in [2.75, 3.05) is 13.2 Å². The summed E-state index contributed by atoms with van der Waals surface area (Å²) in [5, 5.41) is 8.85. The molecular weight excluding hydrogens is 224 g/mol. The molecule has 18 heavy (non-hydrogen) atoms. The van der Waals surface area contributed by atoms with E-state index in [-0.39, 0.29) is 6.61 Å². The summed E-state index contributed by atoms with van der Waals surface area (Å²) in [6.45, 7) is 4.88. The molecule has 102 valence electrons. The molecule has 1 N–H and O–H groups in total. The molecule has 0 unspecified atom stereocenters. The van der Waals surface area contributed by atoms with Gasteiger partial charge >= 0.3 is 0 Å². The van der Waals surface area contributed by atoms with Crippen LogP contribution >= 0.6 is 0 Å². The van der Waals surface area contributed by atoms with E-state index in [9.17, 15) is 0 Å². The maximum Gasteiger partial charge on any atom is 0.122 e. The standard InChI is InChI=1S/C16H26O2/c1-3-5-6-8-15-13-14(7-4-2)9-10-16(15)18-12-11-17/h9-10,13,17H,3-8,11-12H2,1-2H3. The normalized spacial score (nSPS) is 10.6. The maximum absolute atomic E-state index is 8.85. The molecule has 0 saturated heterocycles. The van der Waals surface area contributed by atoms with Gasteiger partial charge in [0.2, 0.25) is 0 Å². The highest BCUT2D eigenvalue weighted by Crippen LogP contribution is 2.23. The van der Waals surface area contributed by atoms with E-state index in [1.54, 1.807) is 0 Å². The third-order valence-corrected chi connectivity index (χ3v) is 3.06. The predicted octanol–water partition coefficient (Wildman–Crippen LogP) is 3.74. The molecule has 0 aliphatic carbocycles. The van der Waals surface area contributed by atoms with Crippen LogP contribution in [0.2, 0.25) is 0 Å². The summed E-state index contributed by atoms with van der Waals surface area (Å²) < 4.78 is 5.60. The summed E-state index contributed by atoms with van der Waals surface area (Å²) in [6.07, 6.45) is 7.08. The summed E-state index contributed by atoms with van der Waals surface area (Å²) in [5.74, 6) is 0.944. The molecule has 0 atom stereocenters. The Morgan fingerprint density at radius 3 is 2.56 bits per heavy atom. The second kappa shape index (κ2) is 8.98. The Balaban J connectivity index is 2.73. The van der Waals surface area contributed by atoms with Gasteiger partial charge in [0.15, 0.2) is 0 Å². The molecule has 0 fully saturated rings. The monoisotopic (exact) mass is 250 g/mol. The van der Waals surface area contributed by atoms with Gasteiger partial charge in [-0.15, -0.1) is 0 Å². The fraction of sp³-hybridized carbons (Fsp3) is 0.625. The van der Waals surface area contributed by atoms with Crippen molar-refractivity contribution in [3.63, 3.8) is 0 Å². The molecule has 2 heteroatoms. The van der Waals surface area contributed by atoms with Crippen molar-refractivity contribution in [1.82, 2.24) is 0 Å². The minimum atomic E-state index is 0.0745. The van der Waals surface area contributed by atoms with Crippen molar-refractivity contribution in [1.29, 1.82) is 0 Å². The van der Waals surface area contributed by atoms with E-state index in [0.717, 1.165) is 18.6 Å². The van der Waals surface area contributed by atoms with Crippen LogP contribution in [0.4, 0.5) is 0 Å². The number of hydrogen-bond donors (Lipinski definition) is 1. The molecule has 0 aliphatic rings. The molecule has 0 spiro atoms. The summed E-state index contributed by atoms with van der Waals surface area (Å²) in [6, 6.07) is 6.47. The second-order valence-corrected chi connectivity index (χ2v) is 4.72. The average Bonchev–Trinajstić information content (AvgIpc) is 2.38. The van der Waals surface area contributed by atoms with E-state index in [4.69, 9.17) is 9.84 Å². The highest BCUT2D eigenvalue weighted by Gasteiger charge is 2.05. The number of unbranched alkanes of at least 4 members (excludes halogenated alkanes) is 2. The minimum Gasteiger partial charge on any atom is -0.491 e. The Morgan fingerprint density at radius 2 is 1.89 bits per heavy atom. The number of hydrogen-bond acceptors (Lipinski definition) is 2. The van der Waals surface area contributed by atoms with Crippen molar-refractivity contribution in [2.24, 2.45) is 0 Å². The molecule has 1 aromatic rings. The zero-order chi connectivity index (χ0) is 13.2. The number of benzene rings is 1. The van der Waals surface area contributed by atoms with Gasteiger partial charge in [0.25, 0.3) is 0 Å². The lowest BCUT2D eigenvalue weighted by Crippen LogP contribution is -2.04. The second-order valence-electron chi connectivity index (χ2n) is 4.72. The fourth-order valence-corrected chi connectivity index (χ4v) is 2.13. The first-order valence-corrected chi connectivity index (χ1v) is 7.17. The summed E-state index contributed by atoms with van der Waals surface area (Å²) in [7, 11) is 0. The summed E-state index contributed by atoms with van der Waals surface area (Å²) in [5.41, 5.74) is 2.68. The van der Waals surface area contributed by atoms with Gasteiger partial charge < -0.3 is 9.84 Å². The molecule has 1 rings (SSSR count). The largest absolute Gasteiger partial charge is 0.491 e. The first-order valence-electron chi connectivity index (χ1n) is 7.17. The van der Waals surface area contributed by atoms with Crippen LogP contribution in [-0.4, -0.2) is 18.3 Å². The fourth-order valence-electron chi connectivity index (χ4n) is 2.13. The molecule has 2 nitrogen and oxygen atoms in total. The van der Waals surface area contributed by atoms with E-state index in [1.165, 1.54) is 36.8 Å². The zero-order valence-electron chi connectivity index (χ0n) is 11.7. The highest BCUT2D eigenvalue weighted by atomic mass is 16.5. The Bertz CT molecular complexity index is 334. The molecule has 0 amide bonds. The van der Waals surface area contributed by atoms with Crippen molar-refractivity contribution in [2.45, 2.75) is 52.4 Å². The van der Waals surface area contributed by atoms with E-state index < -0.39 is 0 Å². The van der Waals surface area contributed by atoms with Gasteiger partial charge in [0, 0.05) is 0 Å². The van der Waals surface area contributed by atoms with Gasteiger partial charge in [-0.3, -0.25) is 0 Å². The number of ether oxygens (including phenoxy) is 1. The Morgan fingerprint density at radius 1 is 1.06 bits per heavy atom. The van der Waals surface area contributed by atoms with Crippen LogP contribution in [0, 0.1) is 0 Å². The van der Waals surface area contributed by atoms with Crippen LogP contribution in [0.15, 0.2) is 18.2 Å². The quantitative estimate of drug-likeness (QED) is 0.676. The topological polar surface area (TPSA) is 29.5 Å². The van der Waals surface area contributed by atoms with Crippen molar-refractivity contribution in [3.8, 4) is 5.75 Å². The van der Waals surface area contributed by atoms with Gasteiger partial charge in [-0.25, -0.2) is 0 Å². The van der Waals surface area contributed by atoms with Crippen LogP contribution in [0.5, 0.6) is 5.75 Å². The molecule has 0 heterocycles. The molecular formula is C16H26O2. The van der Waals surface area contributed by atoms with Gasteiger partial charge in [-0.2, -0.15) is 0 Å². The average molecular weight is 250 g/mol. The van der Waals surface area contributed by atoms with Gasteiger partial charge in [0.1, 0.15) is 12.4 Å². The van der Waals surface area contributed by atoms with E-state index >= 15 is 0 Å². The van der Waals surface area contributed by atoms with E-state index in [0.29, 0.717) is 6.61 Å². The third-order valence-electron chi connectivity index (χ3n) is 3.06. The smallest absolute Gasteiger partial charge is 0.122 e. The first kappa shape index (κ1) is 15.0. The van der Waals surface area contributed by atoms with Gasteiger partial charge in [-0.05, 0) is 36.5 Å². The Kier molecular flexibility index (Phi) is 7.51. The van der Waals surface area contributed by atoms with Crippen LogP contribution in [-0.2, 0) is 12.8 Å². The van der Waals surface area contributed by atoms with Crippen molar-refractivity contribution < 1.29 is 9.84 Å². The number of aliphatic hydroxyl groups is 1. The van der Waals surface area contributed by atoms with Crippen LogP contribution in [0.3, 0.4) is 0 Å². The molecule has 1 aromatic carbocycles. The molecule has 0 radical (unpaired) electrons. The van der Waals surface area contributed by atoms with Crippen LogP contribution < -0.4 is 4.74 Å². The third kappa shape index (κ3) is 5.09. The van der Waals surface area contributed by atoms with Crippen molar-refractivity contribution >= 4 is 0 Å².